The Morgan fingerprint density at radius 2 is 1.82 bits per heavy atom. The maximum atomic E-state index is 13.2. The number of fused-ring (bicyclic) bond motifs is 1. The Hall–Kier alpha value is -1.33. The van der Waals surface area contributed by atoms with E-state index in [1.807, 2.05) is 12.1 Å². The topological polar surface area (TPSA) is 61.8 Å². The first-order chi connectivity index (χ1) is 13.1. The molecule has 156 valence electrons. The van der Waals surface area contributed by atoms with Crippen LogP contribution in [0.5, 0.6) is 0 Å². The molecule has 0 aliphatic carbocycles. The van der Waals surface area contributed by atoms with Gasteiger partial charge < -0.3 is 9.47 Å². The van der Waals surface area contributed by atoms with Crippen LogP contribution in [-0.2, 0) is 23.2 Å². The van der Waals surface area contributed by atoms with Crippen LogP contribution in [0.3, 0.4) is 0 Å². The highest BCUT2D eigenvalue weighted by Crippen LogP contribution is 2.69. The van der Waals surface area contributed by atoms with Crippen LogP contribution in [0.15, 0.2) is 47.4 Å². The van der Waals surface area contributed by atoms with Gasteiger partial charge in [0.15, 0.2) is 6.29 Å². The molecule has 0 saturated carbocycles. The molecule has 2 aromatic rings. The third kappa shape index (κ3) is 3.88. The van der Waals surface area contributed by atoms with Crippen molar-refractivity contribution in [3.63, 3.8) is 0 Å². The van der Waals surface area contributed by atoms with Gasteiger partial charge in [0.25, 0.3) is 0 Å². The fourth-order valence-corrected chi connectivity index (χ4v) is 8.89. The van der Waals surface area contributed by atoms with Crippen LogP contribution in [0.25, 0.3) is 10.8 Å². The van der Waals surface area contributed by atoms with Gasteiger partial charge >= 0.3 is 15.6 Å². The average molecular weight is 438 g/mol. The van der Waals surface area contributed by atoms with E-state index in [-0.39, 0.29) is 5.75 Å². The quantitative estimate of drug-likeness (QED) is 0.474. The first-order valence-electron chi connectivity index (χ1n) is 8.59. The van der Waals surface area contributed by atoms with Crippen LogP contribution in [-0.4, -0.2) is 38.5 Å². The largest absolute Gasteiger partial charge is 0.523 e. The number of methoxy groups -OCH3 is 1. The lowest BCUT2D eigenvalue weighted by Gasteiger charge is -2.41. The highest BCUT2D eigenvalue weighted by molar-refractivity contribution is 8.33. The minimum absolute atomic E-state index is 0.150. The summed E-state index contributed by atoms with van der Waals surface area (Å²) >= 11 is 0. The van der Waals surface area contributed by atoms with Crippen molar-refractivity contribution in [2.75, 3.05) is 12.9 Å². The Kier molecular flexibility index (Phi) is 5.98. The molecule has 1 aliphatic heterocycles. The zero-order valence-corrected chi connectivity index (χ0v) is 16.9. The molecule has 0 aromatic heterocycles. The summed E-state index contributed by atoms with van der Waals surface area (Å²) in [6.07, 6.45) is 0.134. The van der Waals surface area contributed by atoms with Crippen molar-refractivity contribution < 1.29 is 34.7 Å². The molecule has 0 spiro atoms. The predicted molar refractivity (Wildman–Crippen MR) is 101 cm³/mol. The molecule has 0 bridgehead atoms. The molecule has 5 nitrogen and oxygen atoms in total. The second-order valence-corrected chi connectivity index (χ2v) is 11.1. The molecule has 3 rings (SSSR count). The third-order valence-corrected chi connectivity index (χ3v) is 10.1. The monoisotopic (exact) mass is 438 g/mol. The molecule has 1 saturated heterocycles. The van der Waals surface area contributed by atoms with E-state index in [4.69, 9.17) is 13.1 Å². The van der Waals surface area contributed by atoms with Crippen LogP contribution in [0.4, 0.5) is 13.2 Å². The van der Waals surface area contributed by atoms with Gasteiger partial charge in [0.1, 0.15) is 5.44 Å². The van der Waals surface area contributed by atoms with Crippen molar-refractivity contribution in [3.05, 3.63) is 42.5 Å². The van der Waals surface area contributed by atoms with Gasteiger partial charge in [-0.25, -0.2) is 3.63 Å². The van der Waals surface area contributed by atoms with Crippen molar-refractivity contribution >= 4 is 31.2 Å². The number of ether oxygens (including phenoxy) is 2. The van der Waals surface area contributed by atoms with Crippen molar-refractivity contribution in [1.82, 2.24) is 0 Å². The van der Waals surface area contributed by atoms with Crippen molar-refractivity contribution in [2.24, 2.45) is 0 Å². The molecule has 28 heavy (non-hydrogen) atoms. The summed E-state index contributed by atoms with van der Waals surface area (Å²) in [7, 11) is -7.37. The molecular weight excluding hydrogens is 417 g/mol. The van der Waals surface area contributed by atoms with Crippen LogP contribution in [0, 0.1) is 0 Å². The molecule has 3 unspecified atom stereocenters. The second-order valence-electron chi connectivity index (χ2n) is 6.39. The number of halogens is 3. The molecule has 0 radical (unpaired) electrons. The first-order valence-corrected chi connectivity index (χ1v) is 11.8. The fourth-order valence-electron chi connectivity index (χ4n) is 3.27. The first kappa shape index (κ1) is 21.4. The van der Waals surface area contributed by atoms with E-state index in [2.05, 4.69) is 0 Å². The number of benzene rings is 2. The SMILES string of the molecule is COC(C)OC1CCCS1(OS(=O)(=O)C(F)(F)F)c1cccc2ccccc12. The van der Waals surface area contributed by atoms with E-state index in [1.165, 1.54) is 7.11 Å². The van der Waals surface area contributed by atoms with E-state index < -0.39 is 37.7 Å². The Morgan fingerprint density at radius 1 is 1.14 bits per heavy atom. The standard InChI is InChI=1S/C18H21F3O5S2/c1-13(24-2)25-17-11-6-12-27(17,26-28(22,23)18(19,20)21)16-10-5-8-14-7-3-4-9-15(14)16/h3-5,7-10,13,17H,6,11-12H2,1-2H3. The highest BCUT2D eigenvalue weighted by atomic mass is 32.3. The van der Waals surface area contributed by atoms with Crippen LogP contribution in [0.2, 0.25) is 0 Å². The zero-order chi connectivity index (χ0) is 20.6. The number of rotatable bonds is 6. The summed E-state index contributed by atoms with van der Waals surface area (Å²) in [5.74, 6) is 0.150. The maximum absolute atomic E-state index is 13.2. The second kappa shape index (κ2) is 7.83. The Labute approximate surface area is 163 Å². The lowest BCUT2D eigenvalue weighted by Crippen LogP contribution is -2.32. The fraction of sp³-hybridized carbons (Fsp3) is 0.444. The lowest BCUT2D eigenvalue weighted by molar-refractivity contribution is -0.122. The van der Waals surface area contributed by atoms with Gasteiger partial charge in [0.2, 0.25) is 0 Å². The van der Waals surface area contributed by atoms with Crippen molar-refractivity contribution in [1.29, 1.82) is 0 Å². The van der Waals surface area contributed by atoms with E-state index in [0.717, 1.165) is 5.39 Å². The summed E-state index contributed by atoms with van der Waals surface area (Å²) in [5.41, 5.74) is -6.36. The number of hydrogen-bond acceptors (Lipinski definition) is 5. The lowest BCUT2D eigenvalue weighted by atomic mass is 10.1. The molecule has 0 amide bonds. The van der Waals surface area contributed by atoms with Gasteiger partial charge in [-0.2, -0.15) is 21.6 Å². The molecule has 10 heteroatoms. The van der Waals surface area contributed by atoms with Crippen molar-refractivity contribution in [2.45, 2.75) is 41.9 Å². The minimum atomic E-state index is -5.82. The number of hydrogen-bond donors (Lipinski definition) is 0. The molecule has 3 atom stereocenters. The average Bonchev–Trinajstić information content (AvgIpc) is 3.02. The minimum Gasteiger partial charge on any atom is -0.356 e. The smallest absolute Gasteiger partial charge is 0.356 e. The van der Waals surface area contributed by atoms with Crippen LogP contribution in [0.1, 0.15) is 19.8 Å². The Bertz CT molecular complexity index is 942. The summed E-state index contributed by atoms with van der Waals surface area (Å²) < 4.78 is 79.5. The van der Waals surface area contributed by atoms with Crippen LogP contribution < -0.4 is 0 Å². The van der Waals surface area contributed by atoms with Gasteiger partial charge in [0.05, 0.1) is 0 Å². The van der Waals surface area contributed by atoms with E-state index in [9.17, 15) is 21.6 Å². The van der Waals surface area contributed by atoms with Crippen LogP contribution >= 0.6 is 10.3 Å². The molecule has 1 heterocycles. The van der Waals surface area contributed by atoms with Gasteiger partial charge in [-0.3, -0.25) is 0 Å². The van der Waals surface area contributed by atoms with Gasteiger partial charge in [-0.05, 0) is 36.6 Å². The Morgan fingerprint density at radius 3 is 2.50 bits per heavy atom. The Balaban J connectivity index is 2.20. The third-order valence-electron chi connectivity index (χ3n) is 4.60. The molecule has 2 aromatic carbocycles. The van der Waals surface area contributed by atoms with Gasteiger partial charge in [-0.15, -0.1) is 0 Å². The van der Waals surface area contributed by atoms with Gasteiger partial charge in [-0.1, -0.05) is 46.7 Å². The van der Waals surface area contributed by atoms with E-state index >= 15 is 0 Å². The molecule has 0 N–H and O–H groups in total. The summed E-state index contributed by atoms with van der Waals surface area (Å²) in [5, 5.41) is 1.43. The van der Waals surface area contributed by atoms with Gasteiger partial charge in [0, 0.05) is 17.8 Å². The summed E-state index contributed by atoms with van der Waals surface area (Å²) in [6, 6.07) is 12.2. The molecule has 1 fully saturated rings. The van der Waals surface area contributed by atoms with E-state index in [0.29, 0.717) is 23.1 Å². The predicted octanol–water partition coefficient (Wildman–Crippen LogP) is 4.91. The number of alkyl halides is 3. The normalized spacial score (nSPS) is 26.8. The summed E-state index contributed by atoms with van der Waals surface area (Å²) in [6.45, 7) is 1.60. The van der Waals surface area contributed by atoms with E-state index in [1.54, 1.807) is 37.3 Å². The maximum Gasteiger partial charge on any atom is 0.523 e. The highest BCUT2D eigenvalue weighted by Gasteiger charge is 2.55. The molecule has 1 aliphatic rings. The summed E-state index contributed by atoms with van der Waals surface area (Å²) in [4.78, 5) is 0.434. The molecular formula is C18H21F3O5S2. The zero-order valence-electron chi connectivity index (χ0n) is 15.3. The van der Waals surface area contributed by atoms with Crippen molar-refractivity contribution in [3.8, 4) is 0 Å².